The van der Waals surface area contributed by atoms with Gasteiger partial charge in [0.2, 0.25) is 0 Å². The molecule has 1 aliphatic rings. The minimum absolute atomic E-state index is 0.571. The number of rotatable bonds is 4. The fourth-order valence-corrected chi connectivity index (χ4v) is 3.10. The molecule has 0 aromatic heterocycles. The molecule has 126 valence electrons. The van der Waals surface area contributed by atoms with E-state index in [9.17, 15) is 0 Å². The third-order valence-electron chi connectivity index (χ3n) is 4.26. The molecule has 0 N–H and O–H groups in total. The summed E-state index contributed by atoms with van der Waals surface area (Å²) in [5.74, 6) is 6.33. The average Bonchev–Trinajstić information content (AvgIpc) is 3.06. The van der Waals surface area contributed by atoms with Crippen LogP contribution in [0.15, 0.2) is 65.7 Å². The summed E-state index contributed by atoms with van der Waals surface area (Å²) >= 11 is 0. The van der Waals surface area contributed by atoms with Crippen LogP contribution < -0.4 is 0 Å². The minimum atomic E-state index is 0.571. The lowest BCUT2D eigenvalue weighted by Crippen LogP contribution is -2.10. The fraction of sp³-hybridized carbons (Fsp3) is 0.261. The van der Waals surface area contributed by atoms with Crippen molar-refractivity contribution in [2.45, 2.75) is 12.8 Å². The van der Waals surface area contributed by atoms with Crippen LogP contribution in [-0.2, 0) is 0 Å². The van der Waals surface area contributed by atoms with Gasteiger partial charge < -0.3 is 0 Å². The molecular formula is C23H24N2. The van der Waals surface area contributed by atoms with Gasteiger partial charge in [-0.3, -0.25) is 9.89 Å². The number of nitrogens with zero attached hydrogens (tertiary/aromatic N) is 2. The van der Waals surface area contributed by atoms with E-state index in [0.717, 1.165) is 19.4 Å². The first-order valence-corrected chi connectivity index (χ1v) is 8.74. The summed E-state index contributed by atoms with van der Waals surface area (Å²) < 4.78 is 0. The van der Waals surface area contributed by atoms with E-state index in [0.29, 0.717) is 6.54 Å². The van der Waals surface area contributed by atoms with Crippen molar-refractivity contribution in [2.75, 3.05) is 27.2 Å². The van der Waals surface area contributed by atoms with Gasteiger partial charge in [-0.1, -0.05) is 72.5 Å². The Hall–Kier alpha value is -2.63. The number of allylic oxidation sites excluding steroid dienone is 2. The van der Waals surface area contributed by atoms with E-state index >= 15 is 0 Å². The van der Waals surface area contributed by atoms with Gasteiger partial charge >= 0.3 is 0 Å². The lowest BCUT2D eigenvalue weighted by atomic mass is 9.96. The zero-order valence-corrected chi connectivity index (χ0v) is 15.0. The summed E-state index contributed by atoms with van der Waals surface area (Å²) in [5, 5.41) is 0. The van der Waals surface area contributed by atoms with Gasteiger partial charge in [0, 0.05) is 11.3 Å². The lowest BCUT2D eigenvalue weighted by molar-refractivity contribution is 0.464. The van der Waals surface area contributed by atoms with E-state index in [2.05, 4.69) is 77.4 Å². The van der Waals surface area contributed by atoms with E-state index in [1.807, 2.05) is 14.1 Å². The van der Waals surface area contributed by atoms with Gasteiger partial charge in [0.15, 0.2) is 0 Å². The molecule has 3 rings (SSSR count). The van der Waals surface area contributed by atoms with Gasteiger partial charge in [0.05, 0.1) is 6.54 Å². The summed E-state index contributed by atoms with van der Waals surface area (Å²) in [6.07, 6.45) is 2.03. The first kappa shape index (κ1) is 17.2. The van der Waals surface area contributed by atoms with E-state index in [1.54, 1.807) is 0 Å². The maximum atomic E-state index is 4.82. The Morgan fingerprint density at radius 2 is 1.48 bits per heavy atom. The van der Waals surface area contributed by atoms with Crippen LogP contribution in [-0.4, -0.2) is 37.8 Å². The molecule has 2 aromatic carbocycles. The highest BCUT2D eigenvalue weighted by Crippen LogP contribution is 2.38. The Labute approximate surface area is 150 Å². The monoisotopic (exact) mass is 328 g/mol. The predicted molar refractivity (Wildman–Crippen MR) is 108 cm³/mol. The number of benzene rings is 2. The molecule has 0 atom stereocenters. The summed E-state index contributed by atoms with van der Waals surface area (Å²) in [6.45, 7) is 1.35. The highest BCUT2D eigenvalue weighted by atomic mass is 15.0. The molecule has 0 unspecified atom stereocenters. The molecule has 0 amide bonds. The maximum absolute atomic E-state index is 4.82. The van der Waals surface area contributed by atoms with Crippen LogP contribution >= 0.6 is 0 Å². The Morgan fingerprint density at radius 1 is 0.840 bits per heavy atom. The normalized spacial score (nSPS) is 15.6. The SMILES string of the molecule is CN(C)CC#CCN=C1CCC(c2ccccc2)=C1c1ccccc1. The Bertz CT molecular complexity index is 819. The minimum Gasteiger partial charge on any atom is -0.299 e. The van der Waals surface area contributed by atoms with Gasteiger partial charge in [-0.05, 0) is 43.6 Å². The summed E-state index contributed by atoms with van der Waals surface area (Å²) in [6, 6.07) is 21.3. The van der Waals surface area contributed by atoms with Gasteiger partial charge in [-0.2, -0.15) is 0 Å². The molecule has 0 saturated carbocycles. The van der Waals surface area contributed by atoms with Crippen molar-refractivity contribution in [3.63, 3.8) is 0 Å². The van der Waals surface area contributed by atoms with Crippen molar-refractivity contribution in [1.82, 2.24) is 4.90 Å². The second kappa shape index (κ2) is 8.46. The third kappa shape index (κ3) is 4.47. The summed E-state index contributed by atoms with van der Waals surface area (Å²) in [4.78, 5) is 6.89. The van der Waals surface area contributed by atoms with Crippen molar-refractivity contribution in [3.8, 4) is 11.8 Å². The number of hydrogen-bond donors (Lipinski definition) is 0. The zero-order valence-electron chi connectivity index (χ0n) is 15.0. The Balaban J connectivity index is 1.93. The highest BCUT2D eigenvalue weighted by Gasteiger charge is 2.23. The first-order valence-electron chi connectivity index (χ1n) is 8.74. The molecule has 0 fully saturated rings. The molecule has 0 heterocycles. The topological polar surface area (TPSA) is 15.6 Å². The largest absolute Gasteiger partial charge is 0.299 e. The molecule has 0 aliphatic heterocycles. The number of hydrogen-bond acceptors (Lipinski definition) is 2. The van der Waals surface area contributed by atoms with E-state index < -0.39 is 0 Å². The molecule has 0 bridgehead atoms. The molecule has 0 saturated heterocycles. The average molecular weight is 328 g/mol. The van der Waals surface area contributed by atoms with Gasteiger partial charge in [-0.25, -0.2) is 0 Å². The van der Waals surface area contributed by atoms with Crippen LogP contribution in [0.2, 0.25) is 0 Å². The van der Waals surface area contributed by atoms with Crippen molar-refractivity contribution in [2.24, 2.45) is 4.99 Å². The maximum Gasteiger partial charge on any atom is 0.100 e. The molecule has 2 nitrogen and oxygen atoms in total. The Kier molecular flexibility index (Phi) is 5.82. The first-order chi connectivity index (χ1) is 12.3. The van der Waals surface area contributed by atoms with Crippen molar-refractivity contribution in [1.29, 1.82) is 0 Å². The summed E-state index contributed by atoms with van der Waals surface area (Å²) in [5.41, 5.74) is 6.42. The van der Waals surface area contributed by atoms with E-state index in [4.69, 9.17) is 4.99 Å². The molecule has 2 aromatic rings. The predicted octanol–water partition coefficient (Wildman–Crippen LogP) is 4.40. The molecule has 1 aliphatic carbocycles. The van der Waals surface area contributed by atoms with Crippen LogP contribution in [0.3, 0.4) is 0 Å². The second-order valence-corrected chi connectivity index (χ2v) is 6.44. The van der Waals surface area contributed by atoms with Crippen molar-refractivity contribution in [3.05, 3.63) is 71.8 Å². The smallest absolute Gasteiger partial charge is 0.100 e. The fourth-order valence-electron chi connectivity index (χ4n) is 3.10. The van der Waals surface area contributed by atoms with Gasteiger partial charge in [0.1, 0.15) is 6.54 Å². The lowest BCUT2D eigenvalue weighted by Gasteiger charge is -2.09. The van der Waals surface area contributed by atoms with E-state index in [1.165, 1.54) is 28.0 Å². The van der Waals surface area contributed by atoms with Gasteiger partial charge in [0.25, 0.3) is 0 Å². The van der Waals surface area contributed by atoms with Crippen LogP contribution in [0.5, 0.6) is 0 Å². The molecule has 2 heteroatoms. The van der Waals surface area contributed by atoms with Gasteiger partial charge in [-0.15, -0.1) is 0 Å². The second-order valence-electron chi connectivity index (χ2n) is 6.44. The zero-order chi connectivity index (χ0) is 17.5. The number of aliphatic imine (C=N–C) groups is 1. The summed E-state index contributed by atoms with van der Waals surface area (Å²) in [7, 11) is 4.06. The molecule has 0 radical (unpaired) electrons. The van der Waals surface area contributed by atoms with Crippen molar-refractivity contribution >= 4 is 16.9 Å². The highest BCUT2D eigenvalue weighted by molar-refractivity contribution is 6.33. The molecule has 0 spiro atoms. The van der Waals surface area contributed by atoms with Crippen molar-refractivity contribution < 1.29 is 0 Å². The molecule has 25 heavy (non-hydrogen) atoms. The van der Waals surface area contributed by atoms with Crippen LogP contribution in [0, 0.1) is 11.8 Å². The molecular weight excluding hydrogens is 304 g/mol. The standard InChI is InChI=1S/C23H24N2/c1-25(2)18-10-9-17-24-22-16-15-21(19-11-5-3-6-12-19)23(22)20-13-7-4-8-14-20/h3-8,11-14H,15-18H2,1-2H3. The van der Waals surface area contributed by atoms with E-state index in [-0.39, 0.29) is 0 Å². The van der Waals surface area contributed by atoms with Crippen LogP contribution in [0.4, 0.5) is 0 Å². The van der Waals surface area contributed by atoms with Crippen LogP contribution in [0.25, 0.3) is 11.1 Å². The Morgan fingerprint density at radius 3 is 2.12 bits per heavy atom. The van der Waals surface area contributed by atoms with Crippen LogP contribution in [0.1, 0.15) is 24.0 Å². The quantitative estimate of drug-likeness (QED) is 0.760. The third-order valence-corrected chi connectivity index (χ3v) is 4.26.